The molecule has 8 heteroatoms. The third-order valence-electron chi connectivity index (χ3n) is 2.69. The summed E-state index contributed by atoms with van der Waals surface area (Å²) >= 11 is 0. The maximum absolute atomic E-state index is 11.5. The monoisotopic (exact) mass is 238 g/mol. The highest BCUT2D eigenvalue weighted by atomic mass is 16.5. The standard InChI is InChI=1S/C9H11BN2O5/c10-4-2-12(9(16)11-8(4)15)7-1-5(14)6(3-13)17-7/h2,5-7,13-14H,1,3H2,(H,11,15,16)/t5-,6?,7-/m1/s1. The van der Waals surface area contributed by atoms with Crippen molar-refractivity contribution in [1.82, 2.24) is 9.55 Å². The summed E-state index contributed by atoms with van der Waals surface area (Å²) in [5.41, 5.74) is -1.45. The van der Waals surface area contributed by atoms with Gasteiger partial charge >= 0.3 is 5.69 Å². The van der Waals surface area contributed by atoms with E-state index in [1.54, 1.807) is 0 Å². The minimum Gasteiger partial charge on any atom is -0.394 e. The summed E-state index contributed by atoms with van der Waals surface area (Å²) in [6, 6.07) is 0. The molecule has 0 bridgehead atoms. The van der Waals surface area contributed by atoms with E-state index >= 15 is 0 Å². The molecule has 90 valence electrons. The molecule has 1 saturated heterocycles. The molecular weight excluding hydrogens is 227 g/mol. The van der Waals surface area contributed by atoms with Crippen molar-refractivity contribution in [3.63, 3.8) is 0 Å². The fraction of sp³-hybridized carbons (Fsp3) is 0.556. The van der Waals surface area contributed by atoms with Gasteiger partial charge in [-0.05, 0) is 5.46 Å². The first kappa shape index (κ1) is 12.1. The first-order valence-corrected chi connectivity index (χ1v) is 5.08. The molecule has 2 heterocycles. The predicted molar refractivity (Wildman–Crippen MR) is 58.3 cm³/mol. The lowest BCUT2D eigenvalue weighted by atomic mass is 10.0. The fourth-order valence-corrected chi connectivity index (χ4v) is 1.77. The normalized spacial score (nSPS) is 28.5. The molecule has 7 nitrogen and oxygen atoms in total. The number of rotatable bonds is 2. The maximum Gasteiger partial charge on any atom is 0.330 e. The molecule has 1 aromatic rings. The molecule has 17 heavy (non-hydrogen) atoms. The Labute approximate surface area is 97.1 Å². The molecular formula is C9H11BN2O5. The Morgan fingerprint density at radius 3 is 2.88 bits per heavy atom. The third kappa shape index (κ3) is 2.19. The number of aromatic amines is 1. The fourth-order valence-electron chi connectivity index (χ4n) is 1.77. The van der Waals surface area contributed by atoms with Crippen LogP contribution in [0.4, 0.5) is 0 Å². The van der Waals surface area contributed by atoms with Crippen LogP contribution in [0.2, 0.25) is 0 Å². The van der Waals surface area contributed by atoms with Crippen LogP contribution in [0.5, 0.6) is 0 Å². The highest BCUT2D eigenvalue weighted by molar-refractivity contribution is 6.31. The second kappa shape index (κ2) is 4.48. The van der Waals surface area contributed by atoms with Gasteiger partial charge in [-0.3, -0.25) is 14.3 Å². The van der Waals surface area contributed by atoms with E-state index in [4.69, 9.17) is 17.7 Å². The van der Waals surface area contributed by atoms with Gasteiger partial charge in [0.1, 0.15) is 20.2 Å². The summed E-state index contributed by atoms with van der Waals surface area (Å²) in [6.07, 6.45) is -1.02. The van der Waals surface area contributed by atoms with Crippen molar-refractivity contribution >= 4 is 13.3 Å². The summed E-state index contributed by atoms with van der Waals surface area (Å²) < 4.78 is 6.36. The molecule has 1 aliphatic heterocycles. The van der Waals surface area contributed by atoms with E-state index in [1.807, 2.05) is 4.98 Å². The van der Waals surface area contributed by atoms with Crippen molar-refractivity contribution in [2.75, 3.05) is 6.61 Å². The van der Waals surface area contributed by atoms with E-state index in [0.717, 1.165) is 10.8 Å². The molecule has 1 aliphatic rings. The molecule has 3 atom stereocenters. The summed E-state index contributed by atoms with van der Waals surface area (Å²) in [7, 11) is 5.39. The van der Waals surface area contributed by atoms with E-state index in [-0.39, 0.29) is 18.5 Å². The summed E-state index contributed by atoms with van der Waals surface area (Å²) in [5.74, 6) is 0. The van der Waals surface area contributed by atoms with Gasteiger partial charge in [0, 0.05) is 12.6 Å². The first-order chi connectivity index (χ1) is 8.02. The molecule has 1 fully saturated rings. The van der Waals surface area contributed by atoms with Gasteiger partial charge in [0.15, 0.2) is 0 Å². The van der Waals surface area contributed by atoms with Gasteiger partial charge < -0.3 is 14.9 Å². The largest absolute Gasteiger partial charge is 0.394 e. The minimum absolute atomic E-state index is 0.116. The Balaban J connectivity index is 2.34. The minimum atomic E-state index is -0.856. The van der Waals surface area contributed by atoms with Crippen LogP contribution < -0.4 is 16.7 Å². The van der Waals surface area contributed by atoms with Gasteiger partial charge in [-0.1, -0.05) is 0 Å². The topological polar surface area (TPSA) is 105 Å². The van der Waals surface area contributed by atoms with Gasteiger partial charge in [-0.25, -0.2) is 4.79 Å². The highest BCUT2D eigenvalue weighted by Crippen LogP contribution is 2.26. The smallest absolute Gasteiger partial charge is 0.330 e. The number of aromatic nitrogens is 2. The molecule has 0 amide bonds. The van der Waals surface area contributed by atoms with E-state index in [9.17, 15) is 14.7 Å². The summed E-state index contributed by atoms with van der Waals surface area (Å²) in [5, 5.41) is 18.4. The van der Waals surface area contributed by atoms with Crippen LogP contribution in [0, 0.1) is 0 Å². The van der Waals surface area contributed by atoms with Gasteiger partial charge in [-0.15, -0.1) is 0 Å². The van der Waals surface area contributed by atoms with Crippen molar-refractivity contribution in [3.05, 3.63) is 27.0 Å². The third-order valence-corrected chi connectivity index (χ3v) is 2.69. The second-order valence-corrected chi connectivity index (χ2v) is 3.87. The van der Waals surface area contributed by atoms with E-state index in [1.165, 1.54) is 0 Å². The molecule has 0 aromatic carbocycles. The summed E-state index contributed by atoms with van der Waals surface area (Å²) in [6.45, 7) is -0.342. The van der Waals surface area contributed by atoms with Gasteiger partial charge in [0.2, 0.25) is 5.56 Å². The molecule has 1 unspecified atom stereocenters. The lowest BCUT2D eigenvalue weighted by Crippen LogP contribution is -2.41. The Morgan fingerprint density at radius 1 is 1.59 bits per heavy atom. The molecule has 2 rings (SSSR count). The number of ether oxygens (including phenoxy) is 1. The van der Waals surface area contributed by atoms with Crippen LogP contribution in [0.15, 0.2) is 15.8 Å². The average molecular weight is 238 g/mol. The number of H-pyrrole nitrogens is 1. The van der Waals surface area contributed by atoms with Crippen LogP contribution >= 0.6 is 0 Å². The Bertz CT molecular complexity index is 525. The molecule has 2 radical (unpaired) electrons. The molecule has 0 aliphatic carbocycles. The maximum atomic E-state index is 11.5. The zero-order valence-corrected chi connectivity index (χ0v) is 8.87. The van der Waals surface area contributed by atoms with Crippen LogP contribution in [-0.4, -0.2) is 46.4 Å². The molecule has 3 N–H and O–H groups in total. The number of aliphatic hydroxyl groups is 2. The van der Waals surface area contributed by atoms with E-state index in [0.29, 0.717) is 0 Å². The number of aliphatic hydroxyl groups excluding tert-OH is 2. The van der Waals surface area contributed by atoms with Gasteiger partial charge in [0.25, 0.3) is 0 Å². The lowest BCUT2D eigenvalue weighted by molar-refractivity contribution is -0.0458. The van der Waals surface area contributed by atoms with Crippen molar-refractivity contribution in [1.29, 1.82) is 0 Å². The predicted octanol–water partition coefficient (Wildman–Crippen LogP) is -3.03. The zero-order chi connectivity index (χ0) is 12.6. The van der Waals surface area contributed by atoms with Gasteiger partial charge in [0.05, 0.1) is 12.7 Å². The van der Waals surface area contributed by atoms with Crippen LogP contribution in [0.25, 0.3) is 0 Å². The quantitative estimate of drug-likeness (QED) is 0.475. The zero-order valence-electron chi connectivity index (χ0n) is 8.87. The van der Waals surface area contributed by atoms with Crippen molar-refractivity contribution in [2.45, 2.75) is 24.9 Å². The van der Waals surface area contributed by atoms with Gasteiger partial charge in [-0.2, -0.15) is 0 Å². The number of nitrogens with one attached hydrogen (secondary N) is 1. The number of nitrogens with zero attached hydrogens (tertiary/aromatic N) is 1. The summed E-state index contributed by atoms with van der Waals surface area (Å²) in [4.78, 5) is 24.6. The van der Waals surface area contributed by atoms with E-state index in [2.05, 4.69) is 0 Å². The second-order valence-electron chi connectivity index (χ2n) is 3.87. The molecule has 0 spiro atoms. The van der Waals surface area contributed by atoms with Crippen LogP contribution in [-0.2, 0) is 4.74 Å². The van der Waals surface area contributed by atoms with Crippen molar-refractivity contribution in [2.24, 2.45) is 0 Å². The molecule has 0 saturated carbocycles. The van der Waals surface area contributed by atoms with Crippen LogP contribution in [0.1, 0.15) is 12.6 Å². The Morgan fingerprint density at radius 2 is 2.29 bits per heavy atom. The Hall–Kier alpha value is -1.38. The number of hydrogen-bond donors (Lipinski definition) is 3. The van der Waals surface area contributed by atoms with Crippen LogP contribution in [0.3, 0.4) is 0 Å². The average Bonchev–Trinajstić information content (AvgIpc) is 2.65. The van der Waals surface area contributed by atoms with E-state index < -0.39 is 29.7 Å². The highest BCUT2D eigenvalue weighted by Gasteiger charge is 2.34. The Kier molecular flexibility index (Phi) is 3.18. The lowest BCUT2D eigenvalue weighted by Gasteiger charge is -2.14. The number of hydrogen-bond acceptors (Lipinski definition) is 5. The SMILES string of the molecule is [B]c1cn([C@H]2C[C@@H](O)C(CO)O2)c(=O)[nH]c1=O. The first-order valence-electron chi connectivity index (χ1n) is 5.08. The van der Waals surface area contributed by atoms with Crippen molar-refractivity contribution in [3.8, 4) is 0 Å². The van der Waals surface area contributed by atoms with Crippen molar-refractivity contribution < 1.29 is 14.9 Å². The molecule has 1 aromatic heterocycles.